The molecular weight excluding hydrogens is 320 g/mol. The maximum atomic E-state index is 9.71. The standard InChI is InChI=1S/C24H18O2/c25-18-11-7-16(8-12-18)23-20-5-1-3-15-4-2-6-21(22(15)20)24(23)17-9-13-19(26)14-10-17/h1-14,23-26H. The van der Waals surface area contributed by atoms with Crippen LogP contribution in [0.3, 0.4) is 0 Å². The minimum Gasteiger partial charge on any atom is -0.508 e. The van der Waals surface area contributed by atoms with Gasteiger partial charge >= 0.3 is 0 Å². The van der Waals surface area contributed by atoms with E-state index in [-0.39, 0.29) is 23.3 Å². The van der Waals surface area contributed by atoms with Crippen LogP contribution in [0.5, 0.6) is 11.5 Å². The third kappa shape index (κ3) is 2.19. The Kier molecular flexibility index (Phi) is 3.26. The third-order valence-electron chi connectivity index (χ3n) is 5.48. The number of rotatable bonds is 2. The smallest absolute Gasteiger partial charge is 0.115 e. The molecule has 2 nitrogen and oxygen atoms in total. The van der Waals surface area contributed by atoms with Gasteiger partial charge in [0.2, 0.25) is 0 Å². The number of hydrogen-bond acceptors (Lipinski definition) is 2. The van der Waals surface area contributed by atoms with Gasteiger partial charge in [-0.25, -0.2) is 0 Å². The Labute approximate surface area is 152 Å². The number of phenolic OH excluding ortho intramolecular Hbond substituents is 2. The Morgan fingerprint density at radius 2 is 0.923 bits per heavy atom. The van der Waals surface area contributed by atoms with Gasteiger partial charge in [-0.05, 0) is 57.3 Å². The van der Waals surface area contributed by atoms with Crippen molar-refractivity contribution in [2.24, 2.45) is 0 Å². The highest BCUT2D eigenvalue weighted by atomic mass is 16.3. The number of aromatic hydroxyl groups is 2. The molecule has 26 heavy (non-hydrogen) atoms. The zero-order chi connectivity index (χ0) is 17.7. The van der Waals surface area contributed by atoms with Gasteiger partial charge in [0.1, 0.15) is 11.5 Å². The predicted molar refractivity (Wildman–Crippen MR) is 104 cm³/mol. The third-order valence-corrected chi connectivity index (χ3v) is 5.48. The van der Waals surface area contributed by atoms with Gasteiger partial charge in [-0.3, -0.25) is 0 Å². The first-order valence-electron chi connectivity index (χ1n) is 8.82. The highest BCUT2D eigenvalue weighted by Crippen LogP contribution is 2.52. The van der Waals surface area contributed by atoms with E-state index < -0.39 is 0 Å². The van der Waals surface area contributed by atoms with Crippen molar-refractivity contribution in [3.8, 4) is 11.5 Å². The van der Waals surface area contributed by atoms with Crippen molar-refractivity contribution in [3.63, 3.8) is 0 Å². The maximum Gasteiger partial charge on any atom is 0.115 e. The van der Waals surface area contributed by atoms with Gasteiger partial charge in [-0.15, -0.1) is 0 Å². The summed E-state index contributed by atoms with van der Waals surface area (Å²) in [6.07, 6.45) is 0. The minimum absolute atomic E-state index is 0.182. The first-order chi connectivity index (χ1) is 12.7. The summed E-state index contributed by atoms with van der Waals surface area (Å²) >= 11 is 0. The van der Waals surface area contributed by atoms with Gasteiger partial charge in [0.25, 0.3) is 0 Å². The summed E-state index contributed by atoms with van der Waals surface area (Å²) in [5, 5.41) is 22.0. The van der Waals surface area contributed by atoms with Crippen molar-refractivity contribution in [1.82, 2.24) is 0 Å². The molecule has 5 rings (SSSR count). The molecule has 0 aromatic heterocycles. The normalized spacial score (nSPS) is 18.3. The second kappa shape index (κ2) is 5.63. The fraction of sp³-hybridized carbons (Fsp3) is 0.0833. The van der Waals surface area contributed by atoms with Crippen molar-refractivity contribution in [3.05, 3.63) is 107 Å². The lowest BCUT2D eigenvalue weighted by Crippen LogP contribution is -2.08. The number of hydrogen-bond donors (Lipinski definition) is 2. The zero-order valence-electron chi connectivity index (χ0n) is 14.1. The number of phenols is 2. The lowest BCUT2D eigenvalue weighted by molar-refractivity contribution is 0.474. The molecule has 1 aliphatic rings. The van der Waals surface area contributed by atoms with E-state index in [9.17, 15) is 10.2 Å². The van der Waals surface area contributed by atoms with E-state index in [0.29, 0.717) is 0 Å². The summed E-state index contributed by atoms with van der Waals surface area (Å²) in [5.41, 5.74) is 5.01. The molecule has 0 saturated carbocycles. The van der Waals surface area contributed by atoms with Gasteiger partial charge < -0.3 is 10.2 Å². The molecule has 126 valence electrons. The van der Waals surface area contributed by atoms with Crippen LogP contribution in [0.2, 0.25) is 0 Å². The van der Waals surface area contributed by atoms with Crippen LogP contribution in [0.4, 0.5) is 0 Å². The van der Waals surface area contributed by atoms with Gasteiger partial charge in [0.15, 0.2) is 0 Å². The molecule has 1 aliphatic carbocycles. The van der Waals surface area contributed by atoms with E-state index >= 15 is 0 Å². The fourth-order valence-electron chi connectivity index (χ4n) is 4.38. The van der Waals surface area contributed by atoms with E-state index in [4.69, 9.17) is 0 Å². The van der Waals surface area contributed by atoms with Crippen LogP contribution < -0.4 is 0 Å². The summed E-state index contributed by atoms with van der Waals surface area (Å²) in [7, 11) is 0. The van der Waals surface area contributed by atoms with Crippen LogP contribution in [0.1, 0.15) is 34.1 Å². The maximum absolute atomic E-state index is 9.71. The van der Waals surface area contributed by atoms with Crippen LogP contribution in [0.15, 0.2) is 84.9 Å². The highest BCUT2D eigenvalue weighted by molar-refractivity contribution is 5.93. The summed E-state index contributed by atoms with van der Waals surface area (Å²) in [6, 6.07) is 28.1. The van der Waals surface area contributed by atoms with Crippen molar-refractivity contribution in [2.45, 2.75) is 11.8 Å². The van der Waals surface area contributed by atoms with Crippen molar-refractivity contribution in [2.75, 3.05) is 0 Å². The second-order valence-electron chi connectivity index (χ2n) is 6.93. The largest absolute Gasteiger partial charge is 0.508 e. The van der Waals surface area contributed by atoms with Gasteiger partial charge in [0, 0.05) is 11.8 Å². The Hall–Kier alpha value is -3.26. The SMILES string of the molecule is Oc1ccc(C2c3cccc4cccc(c34)C2c2ccc(O)cc2)cc1. The van der Waals surface area contributed by atoms with Gasteiger partial charge in [-0.2, -0.15) is 0 Å². The molecule has 4 aromatic carbocycles. The molecule has 0 heterocycles. The summed E-state index contributed by atoms with van der Waals surface area (Å²) < 4.78 is 0. The molecule has 4 aromatic rings. The quantitative estimate of drug-likeness (QED) is 0.504. The molecule has 0 spiro atoms. The van der Waals surface area contributed by atoms with E-state index in [1.807, 2.05) is 24.3 Å². The van der Waals surface area contributed by atoms with Crippen LogP contribution in [-0.2, 0) is 0 Å². The van der Waals surface area contributed by atoms with Crippen LogP contribution >= 0.6 is 0 Å². The van der Waals surface area contributed by atoms with Crippen LogP contribution in [0, 0.1) is 0 Å². The Balaban J connectivity index is 1.79. The summed E-state index contributed by atoms with van der Waals surface area (Å²) in [5.74, 6) is 0.926. The topological polar surface area (TPSA) is 40.5 Å². The van der Waals surface area contributed by atoms with E-state index in [2.05, 4.69) is 36.4 Å². The molecule has 0 fully saturated rings. The van der Waals surface area contributed by atoms with Crippen molar-refractivity contribution < 1.29 is 10.2 Å². The molecule has 0 saturated heterocycles. The second-order valence-corrected chi connectivity index (χ2v) is 6.93. The molecule has 2 heteroatoms. The first kappa shape index (κ1) is 15.0. The Bertz CT molecular complexity index is 1010. The monoisotopic (exact) mass is 338 g/mol. The minimum atomic E-state index is 0.182. The Morgan fingerprint density at radius 3 is 1.35 bits per heavy atom. The van der Waals surface area contributed by atoms with E-state index in [1.54, 1.807) is 24.3 Å². The molecule has 0 aliphatic heterocycles. The predicted octanol–water partition coefficient (Wildman–Crippen LogP) is 5.53. The molecule has 0 radical (unpaired) electrons. The van der Waals surface area contributed by atoms with E-state index in [0.717, 1.165) is 0 Å². The molecular formula is C24H18O2. The molecule has 2 N–H and O–H groups in total. The Morgan fingerprint density at radius 1 is 0.500 bits per heavy atom. The van der Waals surface area contributed by atoms with Crippen LogP contribution in [-0.4, -0.2) is 10.2 Å². The lowest BCUT2D eigenvalue weighted by Gasteiger charge is -2.23. The highest BCUT2D eigenvalue weighted by Gasteiger charge is 2.36. The average Bonchev–Trinajstić information content (AvgIpc) is 3.00. The molecule has 2 atom stereocenters. The van der Waals surface area contributed by atoms with E-state index in [1.165, 1.54) is 33.0 Å². The molecule has 0 bridgehead atoms. The zero-order valence-corrected chi connectivity index (χ0v) is 14.1. The average molecular weight is 338 g/mol. The summed E-state index contributed by atoms with van der Waals surface area (Å²) in [6.45, 7) is 0. The molecule has 2 unspecified atom stereocenters. The fourth-order valence-corrected chi connectivity index (χ4v) is 4.38. The van der Waals surface area contributed by atoms with Crippen molar-refractivity contribution in [1.29, 1.82) is 0 Å². The van der Waals surface area contributed by atoms with Crippen LogP contribution in [0.25, 0.3) is 10.8 Å². The molecule has 0 amide bonds. The summed E-state index contributed by atoms with van der Waals surface area (Å²) in [4.78, 5) is 0. The van der Waals surface area contributed by atoms with Crippen molar-refractivity contribution >= 4 is 10.8 Å². The number of benzene rings is 4. The van der Waals surface area contributed by atoms with Gasteiger partial charge in [0.05, 0.1) is 0 Å². The lowest BCUT2D eigenvalue weighted by atomic mass is 9.80. The first-order valence-corrected chi connectivity index (χ1v) is 8.82. The van der Waals surface area contributed by atoms with Gasteiger partial charge in [-0.1, -0.05) is 60.7 Å².